The van der Waals surface area contributed by atoms with Crippen molar-refractivity contribution in [2.75, 3.05) is 9.62 Å². The van der Waals surface area contributed by atoms with Crippen molar-refractivity contribution in [1.29, 1.82) is 0 Å². The first-order valence-corrected chi connectivity index (χ1v) is 11.4. The summed E-state index contributed by atoms with van der Waals surface area (Å²) in [6, 6.07) is 18.4. The molecular formula is C21H20N2O3S2. The molecule has 0 bridgehead atoms. The summed E-state index contributed by atoms with van der Waals surface area (Å²) in [7, 11) is -3.57. The van der Waals surface area contributed by atoms with Crippen LogP contribution in [0.3, 0.4) is 0 Å². The molecule has 0 radical (unpaired) electrons. The second-order valence-corrected chi connectivity index (χ2v) is 9.71. The van der Waals surface area contributed by atoms with Gasteiger partial charge in [0.1, 0.15) is 4.21 Å². The third kappa shape index (κ3) is 3.68. The van der Waals surface area contributed by atoms with Crippen molar-refractivity contribution in [2.24, 2.45) is 0 Å². The number of fused-ring (bicyclic) bond motifs is 1. The summed E-state index contributed by atoms with van der Waals surface area (Å²) in [5.41, 5.74) is 3.51. The lowest BCUT2D eigenvalue weighted by atomic mass is 10.1. The fourth-order valence-corrected chi connectivity index (χ4v) is 5.57. The van der Waals surface area contributed by atoms with E-state index in [-0.39, 0.29) is 22.6 Å². The Hall–Kier alpha value is -2.64. The molecule has 7 heteroatoms. The zero-order chi connectivity index (χ0) is 19.7. The van der Waals surface area contributed by atoms with E-state index in [2.05, 4.69) is 17.7 Å². The Morgan fingerprint density at radius 2 is 1.86 bits per heavy atom. The molecular weight excluding hydrogens is 392 g/mol. The van der Waals surface area contributed by atoms with Gasteiger partial charge in [-0.25, -0.2) is 8.42 Å². The molecule has 0 saturated heterocycles. The van der Waals surface area contributed by atoms with Gasteiger partial charge in [-0.05, 0) is 54.1 Å². The van der Waals surface area contributed by atoms with E-state index in [1.165, 1.54) is 16.9 Å². The molecule has 0 unspecified atom stereocenters. The summed E-state index contributed by atoms with van der Waals surface area (Å²) in [6.45, 7) is 2.06. The second-order valence-electron chi connectivity index (χ2n) is 6.86. The van der Waals surface area contributed by atoms with Gasteiger partial charge >= 0.3 is 0 Å². The van der Waals surface area contributed by atoms with Crippen molar-refractivity contribution in [2.45, 2.75) is 30.0 Å². The van der Waals surface area contributed by atoms with E-state index in [4.69, 9.17) is 0 Å². The maximum Gasteiger partial charge on any atom is 0.271 e. The van der Waals surface area contributed by atoms with Gasteiger partial charge < -0.3 is 4.90 Å². The molecule has 5 nitrogen and oxygen atoms in total. The minimum absolute atomic E-state index is 0.0457. The number of benzene rings is 2. The number of rotatable bonds is 5. The maximum absolute atomic E-state index is 12.9. The Labute approximate surface area is 168 Å². The van der Waals surface area contributed by atoms with Crippen LogP contribution in [-0.4, -0.2) is 20.4 Å². The highest BCUT2D eigenvalue weighted by atomic mass is 32.2. The molecule has 1 aromatic heterocycles. The van der Waals surface area contributed by atoms with Gasteiger partial charge in [0, 0.05) is 17.4 Å². The van der Waals surface area contributed by atoms with Crippen LogP contribution in [0.4, 0.5) is 11.4 Å². The predicted molar refractivity (Wildman–Crippen MR) is 112 cm³/mol. The van der Waals surface area contributed by atoms with Gasteiger partial charge in [0.25, 0.3) is 10.0 Å². The summed E-state index contributed by atoms with van der Waals surface area (Å²) < 4.78 is 27.4. The number of nitrogens with one attached hydrogen (secondary N) is 1. The van der Waals surface area contributed by atoms with Crippen LogP contribution in [0.15, 0.2) is 70.3 Å². The number of thiophene rings is 1. The van der Waals surface area contributed by atoms with Crippen LogP contribution in [-0.2, 0) is 27.7 Å². The van der Waals surface area contributed by atoms with Gasteiger partial charge in [-0.2, -0.15) is 0 Å². The molecule has 2 aromatic carbocycles. The predicted octanol–water partition coefficient (Wildman–Crippen LogP) is 4.07. The number of para-hydroxylation sites is 1. The number of carbonyl (C=O) groups is 1. The van der Waals surface area contributed by atoms with Crippen LogP contribution in [0.1, 0.15) is 18.1 Å². The standard InChI is InChI=1S/C21H20N2O3S2/c1-15-13-17-5-2-3-6-19(17)23(15)20(24)14-16-8-10-18(11-9-16)22-28(25,26)21-7-4-12-27-21/h2-12,15,22H,13-14H2,1H3/t15-/m1/s1. The van der Waals surface area contributed by atoms with Crippen LogP contribution in [0, 0.1) is 0 Å². The topological polar surface area (TPSA) is 66.5 Å². The highest BCUT2D eigenvalue weighted by molar-refractivity contribution is 7.94. The van der Waals surface area contributed by atoms with Crippen LogP contribution in [0.2, 0.25) is 0 Å². The molecule has 1 aliphatic rings. The van der Waals surface area contributed by atoms with Crippen molar-refractivity contribution in [3.05, 3.63) is 77.2 Å². The Balaban J connectivity index is 1.46. The van der Waals surface area contributed by atoms with E-state index in [0.29, 0.717) is 5.69 Å². The molecule has 1 aliphatic heterocycles. The third-order valence-corrected chi connectivity index (χ3v) is 7.58. The van der Waals surface area contributed by atoms with Crippen LogP contribution < -0.4 is 9.62 Å². The summed E-state index contributed by atoms with van der Waals surface area (Å²) in [4.78, 5) is 14.7. The monoisotopic (exact) mass is 412 g/mol. The lowest BCUT2D eigenvalue weighted by Gasteiger charge is -2.23. The van der Waals surface area contributed by atoms with Gasteiger partial charge in [0.15, 0.2) is 0 Å². The first-order chi connectivity index (χ1) is 13.4. The number of amides is 1. The van der Waals surface area contributed by atoms with Crippen LogP contribution in [0.5, 0.6) is 0 Å². The van der Waals surface area contributed by atoms with Crippen molar-refractivity contribution in [3.63, 3.8) is 0 Å². The Morgan fingerprint density at radius 3 is 2.57 bits per heavy atom. The average molecular weight is 413 g/mol. The van der Waals surface area contributed by atoms with Gasteiger partial charge in [0.05, 0.1) is 6.42 Å². The summed E-state index contributed by atoms with van der Waals surface area (Å²) in [5.74, 6) is 0.0457. The molecule has 2 heterocycles. The highest BCUT2D eigenvalue weighted by Crippen LogP contribution is 2.32. The Bertz CT molecular complexity index is 1090. The second kappa shape index (κ2) is 7.41. The molecule has 1 N–H and O–H groups in total. The fraction of sp³-hybridized carbons (Fsp3) is 0.190. The first-order valence-electron chi connectivity index (χ1n) is 8.99. The van der Waals surface area contributed by atoms with Crippen LogP contribution >= 0.6 is 11.3 Å². The van der Waals surface area contributed by atoms with Crippen molar-refractivity contribution < 1.29 is 13.2 Å². The van der Waals surface area contributed by atoms with Crippen molar-refractivity contribution in [1.82, 2.24) is 0 Å². The Morgan fingerprint density at radius 1 is 1.11 bits per heavy atom. The first kappa shape index (κ1) is 18.7. The van der Waals surface area contributed by atoms with Gasteiger partial charge in [-0.1, -0.05) is 36.4 Å². The van der Waals surface area contributed by atoms with Gasteiger partial charge in [0.2, 0.25) is 5.91 Å². The number of hydrogen-bond acceptors (Lipinski definition) is 4. The summed E-state index contributed by atoms with van der Waals surface area (Å²) >= 11 is 1.17. The van der Waals surface area contributed by atoms with Gasteiger partial charge in [-0.15, -0.1) is 11.3 Å². The fourth-order valence-electron chi connectivity index (χ4n) is 3.52. The van der Waals surface area contributed by atoms with E-state index in [1.54, 1.807) is 41.8 Å². The SMILES string of the molecule is C[C@@H]1Cc2ccccc2N1C(=O)Cc1ccc(NS(=O)(=O)c2cccs2)cc1. The smallest absolute Gasteiger partial charge is 0.271 e. The molecule has 1 atom stereocenters. The van der Waals surface area contributed by atoms with E-state index in [9.17, 15) is 13.2 Å². The molecule has 0 spiro atoms. The molecule has 0 saturated carbocycles. The molecule has 0 aliphatic carbocycles. The minimum Gasteiger partial charge on any atom is -0.309 e. The number of carbonyl (C=O) groups excluding carboxylic acids is 1. The van der Waals surface area contributed by atoms with Gasteiger partial charge in [-0.3, -0.25) is 9.52 Å². The number of hydrogen-bond donors (Lipinski definition) is 1. The molecule has 3 aromatic rings. The van der Waals surface area contributed by atoms with Crippen LogP contribution in [0.25, 0.3) is 0 Å². The molecule has 0 fully saturated rings. The molecule has 1 amide bonds. The maximum atomic E-state index is 12.9. The largest absolute Gasteiger partial charge is 0.309 e. The zero-order valence-electron chi connectivity index (χ0n) is 15.3. The van der Waals surface area contributed by atoms with Crippen molar-refractivity contribution >= 4 is 38.6 Å². The third-order valence-electron chi connectivity index (χ3n) is 4.80. The average Bonchev–Trinajstić information content (AvgIpc) is 3.30. The quantitative estimate of drug-likeness (QED) is 0.687. The number of sulfonamides is 1. The summed E-state index contributed by atoms with van der Waals surface area (Å²) in [5, 5.41) is 1.72. The van der Waals surface area contributed by atoms with E-state index < -0.39 is 10.0 Å². The van der Waals surface area contributed by atoms with E-state index >= 15 is 0 Å². The summed E-state index contributed by atoms with van der Waals surface area (Å²) in [6.07, 6.45) is 1.14. The molecule has 28 heavy (non-hydrogen) atoms. The minimum atomic E-state index is -3.57. The highest BCUT2D eigenvalue weighted by Gasteiger charge is 2.30. The molecule has 4 rings (SSSR count). The number of anilines is 2. The Kier molecular flexibility index (Phi) is 4.95. The molecule has 144 valence electrons. The normalized spacial score (nSPS) is 16.0. The van der Waals surface area contributed by atoms with E-state index in [1.807, 2.05) is 23.1 Å². The van der Waals surface area contributed by atoms with Crippen molar-refractivity contribution in [3.8, 4) is 0 Å². The number of nitrogens with zero attached hydrogens (tertiary/aromatic N) is 1. The van der Waals surface area contributed by atoms with E-state index in [0.717, 1.165) is 17.7 Å². The zero-order valence-corrected chi connectivity index (χ0v) is 17.0. The lowest BCUT2D eigenvalue weighted by Crippen LogP contribution is -2.36. The lowest BCUT2D eigenvalue weighted by molar-refractivity contribution is -0.118.